The van der Waals surface area contributed by atoms with Gasteiger partial charge in [0, 0.05) is 60.1 Å². The molecule has 0 saturated heterocycles. The van der Waals surface area contributed by atoms with E-state index in [1.807, 2.05) is 36.4 Å². The van der Waals surface area contributed by atoms with Crippen molar-refractivity contribution in [1.29, 1.82) is 0 Å². The molecule has 4 aromatic heterocycles. The van der Waals surface area contributed by atoms with Crippen LogP contribution in [0.25, 0.3) is 139 Å². The van der Waals surface area contributed by atoms with Gasteiger partial charge in [0.15, 0.2) is 17.5 Å². The van der Waals surface area contributed by atoms with Crippen molar-refractivity contribution < 1.29 is 0 Å². The Kier molecular flexibility index (Phi) is 9.78. The zero-order valence-corrected chi connectivity index (χ0v) is 40.6. The van der Waals surface area contributed by atoms with Crippen LogP contribution in [0, 0.1) is 0 Å². The quantitative estimate of drug-likeness (QED) is 0.152. The Labute approximate surface area is 432 Å². The van der Waals surface area contributed by atoms with Gasteiger partial charge in [-0.3, -0.25) is 0 Å². The van der Waals surface area contributed by atoms with Gasteiger partial charge in [0.1, 0.15) is 0 Å². The maximum absolute atomic E-state index is 5.71. The zero-order valence-electron chi connectivity index (χ0n) is 40.6. The van der Waals surface area contributed by atoms with Crippen molar-refractivity contribution in [2.45, 2.75) is 0 Å². The fourth-order valence-corrected chi connectivity index (χ4v) is 11.8. The van der Waals surface area contributed by atoms with Crippen molar-refractivity contribution in [3.8, 4) is 73.5 Å². The molecule has 0 aliphatic heterocycles. The molecule has 0 saturated carbocycles. The average Bonchev–Trinajstić information content (AvgIpc) is 4.15. The number of hydrogen-bond donors (Lipinski definition) is 0. The molecule has 6 heteroatoms. The number of nitrogens with zero attached hydrogens (tertiary/aromatic N) is 6. The second-order valence-electron chi connectivity index (χ2n) is 19.1. The van der Waals surface area contributed by atoms with Crippen molar-refractivity contribution in [1.82, 2.24) is 28.7 Å². The molecule has 4 heterocycles. The average molecular weight is 957 g/mol. The van der Waals surface area contributed by atoms with Gasteiger partial charge in [-0.2, -0.15) is 0 Å². The molecular formula is C69H44N6. The van der Waals surface area contributed by atoms with E-state index in [4.69, 9.17) is 15.0 Å². The number of aromatic nitrogens is 6. The molecule has 0 aliphatic rings. The minimum absolute atomic E-state index is 0.554. The molecule has 15 rings (SSSR count). The number of hydrogen-bond acceptors (Lipinski definition) is 3. The summed E-state index contributed by atoms with van der Waals surface area (Å²) in [5.41, 5.74) is 16.1. The molecule has 15 aromatic rings. The molecule has 0 spiro atoms. The van der Waals surface area contributed by atoms with Gasteiger partial charge < -0.3 is 13.7 Å². The van der Waals surface area contributed by atoms with E-state index in [1.54, 1.807) is 0 Å². The molecule has 0 radical (unpaired) electrons. The van der Waals surface area contributed by atoms with Crippen molar-refractivity contribution in [3.63, 3.8) is 0 Å². The highest BCUT2D eigenvalue weighted by Gasteiger charge is 2.35. The lowest BCUT2D eigenvalue weighted by Crippen LogP contribution is -2.15. The van der Waals surface area contributed by atoms with Gasteiger partial charge in [0.2, 0.25) is 0 Å². The molecule has 0 amide bonds. The van der Waals surface area contributed by atoms with E-state index in [1.165, 1.54) is 10.8 Å². The first-order valence-electron chi connectivity index (χ1n) is 25.5. The lowest BCUT2D eigenvalue weighted by atomic mass is 9.86. The first-order valence-corrected chi connectivity index (χ1v) is 25.5. The third kappa shape index (κ3) is 6.63. The van der Waals surface area contributed by atoms with Gasteiger partial charge in [-0.1, -0.05) is 231 Å². The molecule has 350 valence electrons. The summed E-state index contributed by atoms with van der Waals surface area (Å²) in [6.45, 7) is 0. The smallest absolute Gasteiger partial charge is 0.165 e. The molecule has 0 unspecified atom stereocenters. The van der Waals surface area contributed by atoms with E-state index in [-0.39, 0.29) is 0 Å². The minimum atomic E-state index is 0.554. The van der Waals surface area contributed by atoms with E-state index in [0.29, 0.717) is 17.5 Å². The molecule has 0 aliphatic carbocycles. The monoisotopic (exact) mass is 956 g/mol. The fourth-order valence-electron chi connectivity index (χ4n) is 11.8. The van der Waals surface area contributed by atoms with Gasteiger partial charge in [-0.15, -0.1) is 0 Å². The van der Waals surface area contributed by atoms with Gasteiger partial charge in [0.25, 0.3) is 0 Å². The first kappa shape index (κ1) is 42.5. The van der Waals surface area contributed by atoms with Crippen LogP contribution in [0.5, 0.6) is 0 Å². The third-order valence-corrected chi connectivity index (χ3v) is 14.9. The van der Waals surface area contributed by atoms with Crippen LogP contribution in [0.1, 0.15) is 0 Å². The van der Waals surface area contributed by atoms with E-state index < -0.39 is 0 Å². The molecule has 0 N–H and O–H groups in total. The van der Waals surface area contributed by atoms with Crippen LogP contribution in [-0.4, -0.2) is 28.7 Å². The van der Waals surface area contributed by atoms with Crippen LogP contribution in [0.15, 0.2) is 267 Å². The predicted octanol–water partition coefficient (Wildman–Crippen LogP) is 17.5. The van der Waals surface area contributed by atoms with Crippen molar-refractivity contribution in [2.24, 2.45) is 0 Å². The topological polar surface area (TPSA) is 53.5 Å². The lowest BCUT2D eigenvalue weighted by molar-refractivity contribution is 1.04. The summed E-state index contributed by atoms with van der Waals surface area (Å²) in [6.07, 6.45) is 0. The number of benzene rings is 11. The Bertz CT molecular complexity index is 4290. The summed E-state index contributed by atoms with van der Waals surface area (Å²) in [5.74, 6) is 1.72. The predicted molar refractivity (Wildman–Crippen MR) is 310 cm³/mol. The van der Waals surface area contributed by atoms with Gasteiger partial charge >= 0.3 is 0 Å². The zero-order chi connectivity index (χ0) is 49.4. The van der Waals surface area contributed by atoms with Crippen LogP contribution in [0.4, 0.5) is 0 Å². The summed E-state index contributed by atoms with van der Waals surface area (Å²) < 4.78 is 7.60. The Morgan fingerprint density at radius 1 is 0.187 bits per heavy atom. The van der Waals surface area contributed by atoms with E-state index in [0.717, 1.165) is 111 Å². The summed E-state index contributed by atoms with van der Waals surface area (Å²) in [4.78, 5) is 16.7. The summed E-state index contributed by atoms with van der Waals surface area (Å²) in [6, 6.07) is 95.5. The Morgan fingerprint density at radius 2 is 0.413 bits per heavy atom. The number of rotatable bonds is 8. The van der Waals surface area contributed by atoms with E-state index in [9.17, 15) is 0 Å². The van der Waals surface area contributed by atoms with E-state index in [2.05, 4.69) is 244 Å². The summed E-state index contributed by atoms with van der Waals surface area (Å²) >= 11 is 0. The van der Waals surface area contributed by atoms with Gasteiger partial charge in [0.05, 0.1) is 50.2 Å². The van der Waals surface area contributed by atoms with Crippen LogP contribution in [0.3, 0.4) is 0 Å². The molecule has 6 nitrogen and oxygen atoms in total. The van der Waals surface area contributed by atoms with Crippen LogP contribution in [-0.2, 0) is 0 Å². The molecule has 0 fully saturated rings. The maximum Gasteiger partial charge on any atom is 0.165 e. The molecular weight excluding hydrogens is 913 g/mol. The number of para-hydroxylation sites is 6. The van der Waals surface area contributed by atoms with E-state index >= 15 is 0 Å². The largest absolute Gasteiger partial charge is 0.306 e. The maximum atomic E-state index is 5.71. The fraction of sp³-hybridized carbons (Fsp3) is 0. The standard InChI is InChI=1S/C69H44N6/c1-5-25-45(26-6-1)61-63(69-71-67(47-29-9-3-10-30-47)70-68(72-69)48-31-11-4-12-32-48)62(46-27-7-2-8-28-46)65(74-57-41-21-15-35-51(57)52-36-16-22-42-58(52)74)66(75-59-43-23-17-37-53(59)54-38-18-24-44-60(54)75)64(61)73-55-39-19-13-33-49(55)50-34-14-20-40-56(50)73/h1-44H. The van der Waals surface area contributed by atoms with Gasteiger partial charge in [-0.05, 0) is 47.5 Å². The minimum Gasteiger partial charge on any atom is -0.306 e. The third-order valence-electron chi connectivity index (χ3n) is 14.9. The Balaban J connectivity index is 1.30. The van der Waals surface area contributed by atoms with Crippen LogP contribution < -0.4 is 0 Å². The van der Waals surface area contributed by atoms with Crippen molar-refractivity contribution in [3.05, 3.63) is 267 Å². The van der Waals surface area contributed by atoms with Crippen molar-refractivity contribution in [2.75, 3.05) is 0 Å². The SMILES string of the molecule is c1ccc(-c2nc(-c3ccccc3)nc(-c3c(-c4ccccc4)c(-n4c5ccccc5c5ccccc54)c(-n4c5ccccc5c5ccccc54)c(-n4c5ccccc5c5ccccc54)c3-c3ccccc3)n2)cc1. The first-order chi connectivity index (χ1) is 37.3. The van der Waals surface area contributed by atoms with Gasteiger partial charge in [-0.25, -0.2) is 15.0 Å². The number of fused-ring (bicyclic) bond motifs is 9. The van der Waals surface area contributed by atoms with Crippen molar-refractivity contribution >= 4 is 65.4 Å². The Morgan fingerprint density at radius 3 is 0.707 bits per heavy atom. The molecule has 11 aromatic carbocycles. The molecule has 0 atom stereocenters. The summed E-state index contributed by atoms with van der Waals surface area (Å²) in [5, 5.41) is 6.96. The highest BCUT2D eigenvalue weighted by atomic mass is 15.1. The highest BCUT2D eigenvalue weighted by molar-refractivity contribution is 6.17. The lowest BCUT2D eigenvalue weighted by Gasteiger charge is -2.30. The second-order valence-corrected chi connectivity index (χ2v) is 19.1. The summed E-state index contributed by atoms with van der Waals surface area (Å²) in [7, 11) is 0. The van der Waals surface area contributed by atoms with Crippen LogP contribution >= 0.6 is 0 Å². The van der Waals surface area contributed by atoms with Crippen LogP contribution in [0.2, 0.25) is 0 Å². The molecule has 75 heavy (non-hydrogen) atoms. The normalized spacial score (nSPS) is 11.7. The Hall–Kier alpha value is -10.2. The molecule has 0 bridgehead atoms. The highest BCUT2D eigenvalue weighted by Crippen LogP contribution is 2.54. The second kappa shape index (κ2) is 17.3.